The molecule has 0 atom stereocenters. The summed E-state index contributed by atoms with van der Waals surface area (Å²) in [7, 11) is 0. The lowest BCUT2D eigenvalue weighted by Crippen LogP contribution is -2.27. The standard InChI is InChI=1S/C11H19N3O2S.ClH/c1-2-3-5-16-6-4-13-11(15)9-8-17-10(7-12)14-9;/h8H,2-7,12H2,1H3,(H,13,15);1H. The van der Waals surface area contributed by atoms with Crippen LogP contribution < -0.4 is 11.1 Å². The summed E-state index contributed by atoms with van der Waals surface area (Å²) in [6.07, 6.45) is 2.17. The molecule has 0 saturated carbocycles. The molecule has 0 fully saturated rings. The van der Waals surface area contributed by atoms with Crippen molar-refractivity contribution in [2.45, 2.75) is 26.3 Å². The highest BCUT2D eigenvalue weighted by molar-refractivity contribution is 7.09. The Bertz CT molecular complexity index is 347. The average Bonchev–Trinajstić information content (AvgIpc) is 2.82. The second-order valence-corrected chi connectivity index (χ2v) is 4.50. The van der Waals surface area contributed by atoms with Crippen LogP contribution in [0.15, 0.2) is 5.38 Å². The Morgan fingerprint density at radius 2 is 2.33 bits per heavy atom. The molecule has 5 nitrogen and oxygen atoms in total. The minimum Gasteiger partial charge on any atom is -0.380 e. The van der Waals surface area contributed by atoms with Crippen LogP contribution in [-0.4, -0.2) is 30.6 Å². The Hall–Kier alpha value is -0.690. The van der Waals surface area contributed by atoms with Crippen molar-refractivity contribution in [2.24, 2.45) is 5.73 Å². The highest BCUT2D eigenvalue weighted by Gasteiger charge is 2.08. The zero-order chi connectivity index (χ0) is 12.5. The van der Waals surface area contributed by atoms with Crippen molar-refractivity contribution in [1.82, 2.24) is 10.3 Å². The molecule has 0 spiro atoms. The molecule has 7 heteroatoms. The molecule has 1 rings (SSSR count). The Morgan fingerprint density at radius 3 is 2.94 bits per heavy atom. The number of hydrogen-bond donors (Lipinski definition) is 2. The van der Waals surface area contributed by atoms with E-state index in [1.165, 1.54) is 11.3 Å². The molecule has 3 N–H and O–H groups in total. The van der Waals surface area contributed by atoms with Crippen LogP contribution in [0, 0.1) is 0 Å². The fourth-order valence-electron chi connectivity index (χ4n) is 1.18. The van der Waals surface area contributed by atoms with Gasteiger partial charge in [0.05, 0.1) is 6.61 Å². The van der Waals surface area contributed by atoms with Crippen molar-refractivity contribution < 1.29 is 9.53 Å². The van der Waals surface area contributed by atoms with Crippen molar-refractivity contribution in [3.8, 4) is 0 Å². The molecule has 104 valence electrons. The van der Waals surface area contributed by atoms with E-state index in [0.29, 0.717) is 25.4 Å². The molecule has 1 heterocycles. The molecule has 0 aliphatic carbocycles. The fraction of sp³-hybridized carbons (Fsp3) is 0.636. The number of carbonyl (C=O) groups excluding carboxylic acids is 1. The summed E-state index contributed by atoms with van der Waals surface area (Å²) in [6, 6.07) is 0. The number of ether oxygens (including phenoxy) is 1. The minimum atomic E-state index is -0.167. The van der Waals surface area contributed by atoms with Crippen LogP contribution >= 0.6 is 23.7 Å². The highest BCUT2D eigenvalue weighted by atomic mass is 35.5. The molecule has 0 radical (unpaired) electrons. The minimum absolute atomic E-state index is 0. The highest BCUT2D eigenvalue weighted by Crippen LogP contribution is 2.08. The molecule has 1 amide bonds. The van der Waals surface area contributed by atoms with Crippen molar-refractivity contribution in [3.63, 3.8) is 0 Å². The number of nitrogens with zero attached hydrogens (tertiary/aromatic N) is 1. The molecule has 0 bridgehead atoms. The third kappa shape index (κ3) is 6.30. The van der Waals surface area contributed by atoms with E-state index < -0.39 is 0 Å². The van der Waals surface area contributed by atoms with Gasteiger partial charge in [0.1, 0.15) is 10.7 Å². The fourth-order valence-corrected chi connectivity index (χ4v) is 1.84. The third-order valence-corrected chi connectivity index (χ3v) is 3.00. The molecule has 0 aromatic carbocycles. The van der Waals surface area contributed by atoms with E-state index in [1.807, 2.05) is 0 Å². The first kappa shape index (κ1) is 17.3. The van der Waals surface area contributed by atoms with Crippen molar-refractivity contribution >= 4 is 29.7 Å². The summed E-state index contributed by atoms with van der Waals surface area (Å²) in [4.78, 5) is 15.7. The van der Waals surface area contributed by atoms with Crippen LogP contribution in [-0.2, 0) is 11.3 Å². The van der Waals surface area contributed by atoms with Crippen LogP contribution in [0.1, 0.15) is 35.3 Å². The van der Waals surface area contributed by atoms with Gasteiger partial charge in [0.15, 0.2) is 0 Å². The Morgan fingerprint density at radius 1 is 1.56 bits per heavy atom. The molecule has 1 aromatic rings. The smallest absolute Gasteiger partial charge is 0.270 e. The van der Waals surface area contributed by atoms with Gasteiger partial charge < -0.3 is 15.8 Å². The van der Waals surface area contributed by atoms with Crippen molar-refractivity contribution in [2.75, 3.05) is 19.8 Å². The topological polar surface area (TPSA) is 77.2 Å². The number of thiazole rings is 1. The van der Waals surface area contributed by atoms with Gasteiger partial charge in [-0.1, -0.05) is 13.3 Å². The monoisotopic (exact) mass is 293 g/mol. The van der Waals surface area contributed by atoms with Crippen molar-refractivity contribution in [3.05, 3.63) is 16.1 Å². The van der Waals surface area contributed by atoms with Crippen LogP contribution in [0.3, 0.4) is 0 Å². The van der Waals surface area contributed by atoms with Crippen LogP contribution in [0.2, 0.25) is 0 Å². The Balaban J connectivity index is 0.00000289. The average molecular weight is 294 g/mol. The third-order valence-electron chi connectivity index (χ3n) is 2.13. The number of carbonyl (C=O) groups is 1. The largest absolute Gasteiger partial charge is 0.380 e. The molecule has 1 aromatic heterocycles. The SMILES string of the molecule is CCCCOCCNC(=O)c1csc(CN)n1.Cl. The zero-order valence-electron chi connectivity index (χ0n) is 10.5. The number of unbranched alkanes of at least 4 members (excludes halogenated alkanes) is 1. The van der Waals surface area contributed by atoms with E-state index in [-0.39, 0.29) is 18.3 Å². The molecule has 18 heavy (non-hydrogen) atoms. The van der Waals surface area contributed by atoms with Gasteiger partial charge in [0.2, 0.25) is 0 Å². The lowest BCUT2D eigenvalue weighted by Gasteiger charge is -2.04. The Kier molecular flexibility index (Phi) is 9.86. The van der Waals surface area contributed by atoms with E-state index in [1.54, 1.807) is 5.38 Å². The lowest BCUT2D eigenvalue weighted by atomic mass is 10.4. The first-order chi connectivity index (χ1) is 8.27. The normalized spacial score (nSPS) is 9.89. The summed E-state index contributed by atoms with van der Waals surface area (Å²) < 4.78 is 5.33. The molecule has 0 saturated heterocycles. The van der Waals surface area contributed by atoms with Crippen LogP contribution in [0.5, 0.6) is 0 Å². The van der Waals surface area contributed by atoms with E-state index in [0.717, 1.165) is 24.5 Å². The van der Waals surface area contributed by atoms with E-state index in [9.17, 15) is 4.79 Å². The van der Waals surface area contributed by atoms with E-state index >= 15 is 0 Å². The quantitative estimate of drug-likeness (QED) is 0.713. The van der Waals surface area contributed by atoms with Gasteiger partial charge in [-0.05, 0) is 6.42 Å². The number of amides is 1. The Labute approximate surface area is 118 Å². The molecular weight excluding hydrogens is 274 g/mol. The van der Waals surface area contributed by atoms with E-state index in [4.69, 9.17) is 10.5 Å². The van der Waals surface area contributed by atoms with Crippen LogP contribution in [0.4, 0.5) is 0 Å². The zero-order valence-corrected chi connectivity index (χ0v) is 12.1. The summed E-state index contributed by atoms with van der Waals surface area (Å²) in [5.74, 6) is -0.167. The van der Waals surface area contributed by atoms with Gasteiger partial charge in [0.25, 0.3) is 5.91 Å². The summed E-state index contributed by atoms with van der Waals surface area (Å²) in [6.45, 7) is 4.29. The second-order valence-electron chi connectivity index (χ2n) is 3.55. The van der Waals surface area contributed by atoms with Gasteiger partial charge in [-0.3, -0.25) is 4.79 Å². The number of rotatable bonds is 8. The summed E-state index contributed by atoms with van der Waals surface area (Å²) >= 11 is 1.40. The molecule has 0 unspecified atom stereocenters. The molecular formula is C11H20ClN3O2S. The number of nitrogens with one attached hydrogen (secondary N) is 1. The van der Waals surface area contributed by atoms with Gasteiger partial charge in [-0.25, -0.2) is 4.98 Å². The number of aromatic nitrogens is 1. The van der Waals surface area contributed by atoms with Crippen molar-refractivity contribution in [1.29, 1.82) is 0 Å². The predicted molar refractivity (Wildman–Crippen MR) is 75.3 cm³/mol. The van der Waals surface area contributed by atoms with Gasteiger partial charge >= 0.3 is 0 Å². The maximum absolute atomic E-state index is 11.6. The first-order valence-corrected chi connectivity index (χ1v) is 6.66. The summed E-state index contributed by atoms with van der Waals surface area (Å²) in [5.41, 5.74) is 5.86. The number of nitrogens with two attached hydrogens (primary N) is 1. The lowest BCUT2D eigenvalue weighted by molar-refractivity contribution is 0.0908. The van der Waals surface area contributed by atoms with Gasteiger partial charge in [-0.15, -0.1) is 23.7 Å². The molecule has 0 aliphatic rings. The van der Waals surface area contributed by atoms with Crippen LogP contribution in [0.25, 0.3) is 0 Å². The summed E-state index contributed by atoms with van der Waals surface area (Å²) in [5, 5.41) is 5.24. The second kappa shape index (κ2) is 10.3. The van der Waals surface area contributed by atoms with E-state index in [2.05, 4.69) is 17.2 Å². The first-order valence-electron chi connectivity index (χ1n) is 5.78. The maximum atomic E-state index is 11.6. The van der Waals surface area contributed by atoms with Gasteiger partial charge in [-0.2, -0.15) is 0 Å². The maximum Gasteiger partial charge on any atom is 0.270 e. The number of halogens is 1. The predicted octanol–water partition coefficient (Wildman–Crippen LogP) is 1.57. The number of hydrogen-bond acceptors (Lipinski definition) is 5. The molecule has 0 aliphatic heterocycles. The van der Waals surface area contributed by atoms with Gasteiger partial charge in [0, 0.05) is 25.1 Å².